The highest BCUT2D eigenvalue weighted by Crippen LogP contribution is 2.33. The maximum Gasteiger partial charge on any atom is 0.292 e. The Morgan fingerprint density at radius 2 is 1.89 bits per heavy atom. The number of para-hydroxylation sites is 2. The second-order valence-electron chi connectivity index (χ2n) is 4.01. The van der Waals surface area contributed by atoms with E-state index in [4.69, 9.17) is 4.74 Å². The van der Waals surface area contributed by atoms with Crippen LogP contribution in [0.15, 0.2) is 48.5 Å². The summed E-state index contributed by atoms with van der Waals surface area (Å²) >= 11 is 0. The average Bonchev–Trinajstić information content (AvgIpc) is 2.46. The van der Waals surface area contributed by atoms with Crippen LogP contribution < -0.4 is 9.64 Å². The lowest BCUT2D eigenvalue weighted by molar-refractivity contribution is -0.384. The van der Waals surface area contributed by atoms with Crippen LogP contribution in [0.4, 0.5) is 17.1 Å². The molecule has 0 aromatic heterocycles. The molecule has 0 spiro atoms. The fraction of sp³-hybridized carbons (Fsp3) is 0.143. The van der Waals surface area contributed by atoms with Gasteiger partial charge in [0.15, 0.2) is 0 Å². The molecule has 0 unspecified atom stereocenters. The quantitative estimate of drug-likeness (QED) is 0.623. The Morgan fingerprint density at radius 1 is 1.16 bits per heavy atom. The molecule has 2 aromatic rings. The van der Waals surface area contributed by atoms with Crippen molar-refractivity contribution in [3.05, 3.63) is 58.6 Å². The second kappa shape index (κ2) is 5.39. The van der Waals surface area contributed by atoms with Crippen LogP contribution in [-0.4, -0.2) is 19.1 Å². The van der Waals surface area contributed by atoms with Gasteiger partial charge in [-0.15, -0.1) is 0 Å². The van der Waals surface area contributed by atoms with E-state index in [0.717, 1.165) is 5.69 Å². The molecule has 0 bridgehead atoms. The minimum atomic E-state index is -0.383. The molecule has 0 amide bonds. The lowest BCUT2D eigenvalue weighted by atomic mass is 10.2. The van der Waals surface area contributed by atoms with E-state index in [2.05, 4.69) is 0 Å². The Balaban J connectivity index is 2.43. The molecule has 0 radical (unpaired) electrons. The van der Waals surface area contributed by atoms with Crippen molar-refractivity contribution in [1.29, 1.82) is 0 Å². The van der Waals surface area contributed by atoms with Crippen molar-refractivity contribution >= 4 is 17.1 Å². The number of nitro groups is 1. The molecule has 0 aliphatic carbocycles. The first kappa shape index (κ1) is 12.9. The Bertz CT molecular complexity index is 599. The van der Waals surface area contributed by atoms with Gasteiger partial charge >= 0.3 is 0 Å². The van der Waals surface area contributed by atoms with Crippen LogP contribution in [0.2, 0.25) is 0 Å². The van der Waals surface area contributed by atoms with Crippen molar-refractivity contribution in [2.75, 3.05) is 19.1 Å². The van der Waals surface area contributed by atoms with E-state index in [0.29, 0.717) is 11.4 Å². The summed E-state index contributed by atoms with van der Waals surface area (Å²) in [7, 11) is 3.38. The molecule has 0 heterocycles. The Labute approximate surface area is 111 Å². The molecule has 5 heteroatoms. The van der Waals surface area contributed by atoms with Crippen molar-refractivity contribution in [2.24, 2.45) is 0 Å². The monoisotopic (exact) mass is 258 g/mol. The van der Waals surface area contributed by atoms with Crippen molar-refractivity contribution in [3.63, 3.8) is 0 Å². The number of benzene rings is 2. The first-order chi connectivity index (χ1) is 9.13. The Kier molecular flexibility index (Phi) is 3.66. The maximum atomic E-state index is 11.0. The molecule has 0 atom stereocenters. The van der Waals surface area contributed by atoms with Gasteiger partial charge in [-0.3, -0.25) is 10.1 Å². The third-order valence-electron chi connectivity index (χ3n) is 2.88. The van der Waals surface area contributed by atoms with E-state index in [1.165, 1.54) is 6.07 Å². The summed E-state index contributed by atoms with van der Waals surface area (Å²) in [6, 6.07) is 14.0. The minimum Gasteiger partial charge on any atom is -0.497 e. The summed E-state index contributed by atoms with van der Waals surface area (Å²) in [5, 5.41) is 11.0. The number of nitrogens with zero attached hydrogens (tertiary/aromatic N) is 2. The highest BCUT2D eigenvalue weighted by molar-refractivity contribution is 5.72. The third kappa shape index (κ3) is 2.65. The van der Waals surface area contributed by atoms with Crippen LogP contribution >= 0.6 is 0 Å². The number of nitro benzene ring substituents is 1. The molecular weight excluding hydrogens is 244 g/mol. The zero-order valence-corrected chi connectivity index (χ0v) is 10.7. The van der Waals surface area contributed by atoms with E-state index in [9.17, 15) is 10.1 Å². The van der Waals surface area contributed by atoms with E-state index in [-0.39, 0.29) is 10.6 Å². The highest BCUT2D eigenvalue weighted by Gasteiger charge is 2.17. The molecule has 19 heavy (non-hydrogen) atoms. The molecule has 2 aromatic carbocycles. The van der Waals surface area contributed by atoms with Crippen molar-refractivity contribution in [1.82, 2.24) is 0 Å². The zero-order valence-electron chi connectivity index (χ0n) is 10.7. The summed E-state index contributed by atoms with van der Waals surface area (Å²) in [6.45, 7) is 0. The summed E-state index contributed by atoms with van der Waals surface area (Å²) in [5.74, 6) is 0.711. The number of hydrogen-bond donors (Lipinski definition) is 0. The molecule has 0 aliphatic rings. The molecule has 0 saturated carbocycles. The standard InChI is InChI=1S/C14H14N2O3/c1-15(11-6-5-7-12(10-11)19-2)13-8-3-4-9-14(13)16(17)18/h3-10H,1-2H3. The molecular formula is C14H14N2O3. The zero-order chi connectivity index (χ0) is 13.8. The van der Waals surface area contributed by atoms with Crippen LogP contribution in [-0.2, 0) is 0 Å². The van der Waals surface area contributed by atoms with Gasteiger partial charge in [-0.2, -0.15) is 0 Å². The number of ether oxygens (including phenoxy) is 1. The predicted molar refractivity (Wildman–Crippen MR) is 74.2 cm³/mol. The van der Waals surface area contributed by atoms with Gasteiger partial charge in [0.05, 0.1) is 12.0 Å². The van der Waals surface area contributed by atoms with Gasteiger partial charge in [-0.25, -0.2) is 0 Å². The third-order valence-corrected chi connectivity index (χ3v) is 2.88. The smallest absolute Gasteiger partial charge is 0.292 e. The Hall–Kier alpha value is -2.56. The normalized spacial score (nSPS) is 10.0. The van der Waals surface area contributed by atoms with E-state index in [1.54, 1.807) is 37.3 Å². The second-order valence-corrected chi connectivity index (χ2v) is 4.01. The number of hydrogen-bond acceptors (Lipinski definition) is 4. The highest BCUT2D eigenvalue weighted by atomic mass is 16.6. The first-order valence-electron chi connectivity index (χ1n) is 5.74. The van der Waals surface area contributed by atoms with E-state index < -0.39 is 0 Å². The van der Waals surface area contributed by atoms with Crippen molar-refractivity contribution < 1.29 is 9.66 Å². The minimum absolute atomic E-state index is 0.0767. The van der Waals surface area contributed by atoms with Gasteiger partial charge in [0.25, 0.3) is 5.69 Å². The van der Waals surface area contributed by atoms with Gasteiger partial charge in [0.2, 0.25) is 0 Å². The van der Waals surface area contributed by atoms with Gasteiger partial charge in [-0.1, -0.05) is 18.2 Å². The largest absolute Gasteiger partial charge is 0.497 e. The van der Waals surface area contributed by atoms with Crippen LogP contribution in [0.1, 0.15) is 0 Å². The van der Waals surface area contributed by atoms with Crippen LogP contribution in [0.5, 0.6) is 5.75 Å². The molecule has 0 aliphatic heterocycles. The van der Waals surface area contributed by atoms with Crippen molar-refractivity contribution in [2.45, 2.75) is 0 Å². The molecule has 0 fully saturated rings. The topological polar surface area (TPSA) is 55.6 Å². The Morgan fingerprint density at radius 3 is 2.58 bits per heavy atom. The predicted octanol–water partition coefficient (Wildman–Crippen LogP) is 3.37. The maximum absolute atomic E-state index is 11.0. The fourth-order valence-electron chi connectivity index (χ4n) is 1.86. The van der Waals surface area contributed by atoms with Crippen LogP contribution in [0.3, 0.4) is 0 Å². The molecule has 98 valence electrons. The van der Waals surface area contributed by atoms with E-state index in [1.807, 2.05) is 24.3 Å². The summed E-state index contributed by atoms with van der Waals surface area (Å²) in [5.41, 5.74) is 1.45. The average molecular weight is 258 g/mol. The van der Waals surface area contributed by atoms with Gasteiger partial charge in [0.1, 0.15) is 11.4 Å². The lowest BCUT2D eigenvalue weighted by Gasteiger charge is -2.19. The van der Waals surface area contributed by atoms with Crippen LogP contribution in [0.25, 0.3) is 0 Å². The molecule has 5 nitrogen and oxygen atoms in total. The number of methoxy groups -OCH3 is 1. The summed E-state index contributed by atoms with van der Waals surface area (Å²) < 4.78 is 5.16. The number of rotatable bonds is 4. The SMILES string of the molecule is COc1cccc(N(C)c2ccccc2[N+](=O)[O-])c1. The lowest BCUT2D eigenvalue weighted by Crippen LogP contribution is -2.11. The van der Waals surface area contributed by atoms with Crippen LogP contribution in [0, 0.1) is 10.1 Å². The summed E-state index contributed by atoms with van der Waals surface area (Å²) in [6.07, 6.45) is 0. The number of anilines is 2. The van der Waals surface area contributed by atoms with E-state index >= 15 is 0 Å². The van der Waals surface area contributed by atoms with Gasteiger partial charge < -0.3 is 9.64 Å². The van der Waals surface area contributed by atoms with Gasteiger partial charge in [0, 0.05) is 24.9 Å². The summed E-state index contributed by atoms with van der Waals surface area (Å²) in [4.78, 5) is 12.4. The fourth-order valence-corrected chi connectivity index (χ4v) is 1.86. The molecule has 0 saturated heterocycles. The first-order valence-corrected chi connectivity index (χ1v) is 5.74. The molecule has 0 N–H and O–H groups in total. The van der Waals surface area contributed by atoms with Gasteiger partial charge in [-0.05, 0) is 18.2 Å². The van der Waals surface area contributed by atoms with Crippen molar-refractivity contribution in [3.8, 4) is 5.75 Å². The molecule has 2 rings (SSSR count).